The summed E-state index contributed by atoms with van der Waals surface area (Å²) < 4.78 is 5.61. The molecular formula is C22H29NO2. The fourth-order valence-electron chi connectivity index (χ4n) is 3.06. The van der Waals surface area contributed by atoms with Gasteiger partial charge < -0.3 is 15.2 Å². The average Bonchev–Trinajstić information content (AvgIpc) is 2.54. The van der Waals surface area contributed by atoms with Crippen molar-refractivity contribution in [2.45, 2.75) is 52.2 Å². The van der Waals surface area contributed by atoms with E-state index in [-0.39, 0.29) is 11.5 Å². The van der Waals surface area contributed by atoms with Crippen molar-refractivity contribution in [3.63, 3.8) is 0 Å². The molecule has 0 saturated carbocycles. The van der Waals surface area contributed by atoms with Crippen molar-refractivity contribution in [3.8, 4) is 0 Å². The molecule has 134 valence electrons. The van der Waals surface area contributed by atoms with Crippen molar-refractivity contribution in [1.29, 1.82) is 0 Å². The van der Waals surface area contributed by atoms with E-state index in [1.165, 1.54) is 16.7 Å². The van der Waals surface area contributed by atoms with E-state index >= 15 is 0 Å². The van der Waals surface area contributed by atoms with Crippen LogP contribution in [0.1, 0.15) is 50.4 Å². The van der Waals surface area contributed by atoms with Gasteiger partial charge in [0.25, 0.3) is 0 Å². The van der Waals surface area contributed by atoms with Crippen LogP contribution < -0.4 is 5.32 Å². The number of allylic oxidation sites excluding steroid dienone is 4. The van der Waals surface area contributed by atoms with Crippen molar-refractivity contribution >= 4 is 0 Å². The van der Waals surface area contributed by atoms with E-state index < -0.39 is 6.10 Å². The first-order valence-corrected chi connectivity index (χ1v) is 8.71. The Morgan fingerprint density at radius 2 is 2.08 bits per heavy atom. The van der Waals surface area contributed by atoms with Crippen molar-refractivity contribution in [2.75, 3.05) is 0 Å². The van der Waals surface area contributed by atoms with Crippen molar-refractivity contribution in [3.05, 3.63) is 83.5 Å². The molecule has 0 amide bonds. The van der Waals surface area contributed by atoms with Crippen LogP contribution in [0.3, 0.4) is 0 Å². The molecule has 0 radical (unpaired) electrons. The highest BCUT2D eigenvalue weighted by molar-refractivity contribution is 5.45. The molecular weight excluding hydrogens is 310 g/mol. The molecule has 1 aliphatic heterocycles. The van der Waals surface area contributed by atoms with Crippen LogP contribution in [0.2, 0.25) is 0 Å². The largest absolute Gasteiger partial charge is 0.470 e. The van der Waals surface area contributed by atoms with E-state index in [4.69, 9.17) is 4.74 Å². The van der Waals surface area contributed by atoms with Gasteiger partial charge in [-0.2, -0.15) is 0 Å². The summed E-state index contributed by atoms with van der Waals surface area (Å²) in [5.74, 6) is 0.688. The van der Waals surface area contributed by atoms with Gasteiger partial charge in [-0.15, -0.1) is 0 Å². The first kappa shape index (κ1) is 19.1. The van der Waals surface area contributed by atoms with Gasteiger partial charge in [-0.05, 0) is 61.9 Å². The maximum atomic E-state index is 9.37. The number of ether oxygens (including phenoxy) is 1. The summed E-state index contributed by atoms with van der Waals surface area (Å²) in [6, 6.07) is 6.61. The van der Waals surface area contributed by atoms with Gasteiger partial charge in [0.05, 0.1) is 24.2 Å². The number of benzene rings is 1. The van der Waals surface area contributed by atoms with E-state index in [1.54, 1.807) is 19.3 Å². The summed E-state index contributed by atoms with van der Waals surface area (Å²) in [7, 11) is 0. The molecule has 2 atom stereocenters. The van der Waals surface area contributed by atoms with Gasteiger partial charge in [0.2, 0.25) is 0 Å². The first-order valence-electron chi connectivity index (χ1n) is 8.71. The van der Waals surface area contributed by atoms with Gasteiger partial charge in [-0.3, -0.25) is 0 Å². The normalized spacial score (nSPS) is 19.1. The standard InChI is InChI=1S/C22H29NO2/c1-16-9-8-10-19(21(16)20-11-6-7-13-23-20)22(4,5)12-14-25-18(3)15-17(2)24/h6-15,17,20,23-24H,1-5H3/b14-12+,18-15-. The van der Waals surface area contributed by atoms with Crippen LogP contribution in [0.5, 0.6) is 0 Å². The van der Waals surface area contributed by atoms with Gasteiger partial charge >= 0.3 is 0 Å². The number of dihydropyridines is 1. The highest BCUT2D eigenvalue weighted by Gasteiger charge is 2.25. The zero-order valence-electron chi connectivity index (χ0n) is 15.8. The first-order chi connectivity index (χ1) is 11.8. The summed E-state index contributed by atoms with van der Waals surface area (Å²) in [6.07, 6.45) is 13.2. The van der Waals surface area contributed by atoms with Crippen molar-refractivity contribution < 1.29 is 9.84 Å². The van der Waals surface area contributed by atoms with Crippen LogP contribution in [0.4, 0.5) is 0 Å². The molecule has 0 fully saturated rings. The van der Waals surface area contributed by atoms with Gasteiger partial charge in [-0.1, -0.05) is 44.2 Å². The molecule has 1 aromatic rings. The number of rotatable bonds is 6. The van der Waals surface area contributed by atoms with Crippen LogP contribution in [-0.4, -0.2) is 11.2 Å². The lowest BCUT2D eigenvalue weighted by Gasteiger charge is -2.29. The number of aliphatic hydroxyl groups is 1. The Morgan fingerprint density at radius 3 is 2.72 bits per heavy atom. The van der Waals surface area contributed by atoms with Crippen LogP contribution in [0.15, 0.2) is 66.8 Å². The molecule has 2 N–H and O–H groups in total. The second-order valence-electron chi connectivity index (χ2n) is 7.08. The predicted molar refractivity (Wildman–Crippen MR) is 104 cm³/mol. The minimum atomic E-state index is -0.512. The Bertz CT molecular complexity index is 709. The Balaban J connectivity index is 2.28. The minimum Gasteiger partial charge on any atom is -0.470 e. The highest BCUT2D eigenvalue weighted by atomic mass is 16.5. The number of hydrogen-bond acceptors (Lipinski definition) is 3. The lowest BCUT2D eigenvalue weighted by atomic mass is 9.78. The SMILES string of the molecule is C/C(=C/C(C)O)O/C=C/C(C)(C)c1cccc(C)c1C1C=CC=CN1. The molecule has 1 heterocycles. The van der Waals surface area contributed by atoms with Gasteiger partial charge in [0, 0.05) is 5.41 Å². The molecule has 0 saturated heterocycles. The average molecular weight is 339 g/mol. The lowest BCUT2D eigenvalue weighted by Crippen LogP contribution is -2.23. The molecule has 1 aromatic carbocycles. The molecule has 2 unspecified atom stereocenters. The van der Waals surface area contributed by atoms with E-state index in [0.717, 1.165) is 0 Å². The number of hydrogen-bond donors (Lipinski definition) is 2. The van der Waals surface area contributed by atoms with E-state index in [0.29, 0.717) is 5.76 Å². The highest BCUT2D eigenvalue weighted by Crippen LogP contribution is 2.34. The topological polar surface area (TPSA) is 41.5 Å². The smallest absolute Gasteiger partial charge is 0.0986 e. The van der Waals surface area contributed by atoms with Gasteiger partial charge in [-0.25, -0.2) is 0 Å². The van der Waals surface area contributed by atoms with E-state index in [9.17, 15) is 5.11 Å². The Hall–Kier alpha value is -2.26. The number of aliphatic hydroxyl groups excluding tert-OH is 1. The fourth-order valence-corrected chi connectivity index (χ4v) is 3.06. The molecule has 1 aliphatic rings. The third kappa shape index (κ3) is 5.10. The molecule has 25 heavy (non-hydrogen) atoms. The van der Waals surface area contributed by atoms with Crippen LogP contribution in [0, 0.1) is 6.92 Å². The molecule has 0 bridgehead atoms. The van der Waals surface area contributed by atoms with Crippen molar-refractivity contribution in [1.82, 2.24) is 5.32 Å². The Labute approximate surface area is 151 Å². The Morgan fingerprint density at radius 1 is 1.32 bits per heavy atom. The second kappa shape index (κ2) is 8.21. The predicted octanol–water partition coefficient (Wildman–Crippen LogP) is 4.80. The maximum Gasteiger partial charge on any atom is 0.0986 e. The van der Waals surface area contributed by atoms with Crippen molar-refractivity contribution in [2.24, 2.45) is 0 Å². The Kier molecular flexibility index (Phi) is 6.27. The minimum absolute atomic E-state index is 0.173. The maximum absolute atomic E-state index is 9.37. The van der Waals surface area contributed by atoms with E-state index in [2.05, 4.69) is 62.5 Å². The molecule has 3 nitrogen and oxygen atoms in total. The van der Waals surface area contributed by atoms with E-state index in [1.807, 2.05) is 19.2 Å². The zero-order valence-corrected chi connectivity index (χ0v) is 15.8. The molecule has 0 aromatic heterocycles. The summed E-state index contributed by atoms with van der Waals surface area (Å²) >= 11 is 0. The summed E-state index contributed by atoms with van der Waals surface area (Å²) in [6.45, 7) is 10.1. The third-order valence-corrected chi connectivity index (χ3v) is 4.33. The number of aryl methyl sites for hydroxylation is 1. The van der Waals surface area contributed by atoms with Gasteiger partial charge in [0.1, 0.15) is 0 Å². The molecule has 2 rings (SSSR count). The van der Waals surface area contributed by atoms with Crippen LogP contribution in [0.25, 0.3) is 0 Å². The quantitative estimate of drug-likeness (QED) is 0.731. The molecule has 3 heteroatoms. The summed E-state index contributed by atoms with van der Waals surface area (Å²) in [4.78, 5) is 0. The monoisotopic (exact) mass is 339 g/mol. The third-order valence-electron chi connectivity index (χ3n) is 4.33. The molecule has 0 spiro atoms. The van der Waals surface area contributed by atoms with Gasteiger partial charge in [0.15, 0.2) is 0 Å². The lowest BCUT2D eigenvalue weighted by molar-refractivity contribution is 0.234. The summed E-state index contributed by atoms with van der Waals surface area (Å²) in [5.41, 5.74) is 3.64. The summed E-state index contributed by atoms with van der Waals surface area (Å²) in [5, 5.41) is 12.8. The van der Waals surface area contributed by atoms with Crippen LogP contribution in [-0.2, 0) is 10.2 Å². The molecule has 0 aliphatic carbocycles. The zero-order chi connectivity index (χ0) is 18.4. The number of nitrogens with one attached hydrogen (secondary N) is 1. The fraction of sp³-hybridized carbons (Fsp3) is 0.364. The second-order valence-corrected chi connectivity index (χ2v) is 7.08. The van der Waals surface area contributed by atoms with Crippen LogP contribution >= 0.6 is 0 Å².